The van der Waals surface area contributed by atoms with Gasteiger partial charge in [-0.25, -0.2) is 4.39 Å². The van der Waals surface area contributed by atoms with Gasteiger partial charge in [0.2, 0.25) is 5.76 Å². The minimum Gasteiger partial charge on any atom is -0.494 e. The number of hydrogen-bond donors (Lipinski definition) is 0. The topological polar surface area (TPSA) is 72.2 Å². The zero-order valence-corrected chi connectivity index (χ0v) is 18.4. The van der Waals surface area contributed by atoms with Crippen molar-refractivity contribution in [2.24, 2.45) is 0 Å². The molecule has 1 unspecified atom stereocenters. The third-order valence-corrected chi connectivity index (χ3v) is 6.21. The zero-order chi connectivity index (χ0) is 22.9. The van der Waals surface area contributed by atoms with Crippen LogP contribution >= 0.6 is 0 Å². The van der Waals surface area contributed by atoms with E-state index in [9.17, 15) is 14.0 Å². The first kappa shape index (κ1) is 21.6. The molecule has 8 heteroatoms. The summed E-state index contributed by atoms with van der Waals surface area (Å²) in [4.78, 5) is 30.8. The van der Waals surface area contributed by atoms with E-state index in [0.29, 0.717) is 44.0 Å². The van der Waals surface area contributed by atoms with Gasteiger partial charge in [-0.1, -0.05) is 18.2 Å². The van der Waals surface area contributed by atoms with Crippen LogP contribution in [0, 0.1) is 5.82 Å². The molecule has 1 saturated heterocycles. The van der Waals surface area contributed by atoms with Gasteiger partial charge in [0.15, 0.2) is 5.43 Å². The number of rotatable bonds is 6. The van der Waals surface area contributed by atoms with Crippen molar-refractivity contribution in [2.45, 2.75) is 13.0 Å². The number of benzene rings is 2. The Morgan fingerprint density at radius 1 is 1.09 bits per heavy atom. The van der Waals surface area contributed by atoms with Crippen molar-refractivity contribution in [3.05, 3.63) is 75.4 Å². The Kier molecular flexibility index (Phi) is 5.86. The van der Waals surface area contributed by atoms with Crippen LogP contribution in [0.1, 0.15) is 34.6 Å². The first-order valence-electron chi connectivity index (χ1n) is 11.2. The van der Waals surface area contributed by atoms with E-state index in [2.05, 4.69) is 4.90 Å². The van der Waals surface area contributed by atoms with Crippen LogP contribution in [0.2, 0.25) is 0 Å². The molecule has 1 aromatic heterocycles. The van der Waals surface area contributed by atoms with Crippen molar-refractivity contribution in [1.29, 1.82) is 0 Å². The Morgan fingerprint density at radius 2 is 1.88 bits per heavy atom. The van der Waals surface area contributed by atoms with Crippen LogP contribution in [0.15, 0.2) is 51.7 Å². The van der Waals surface area contributed by atoms with Crippen LogP contribution in [0.5, 0.6) is 5.75 Å². The van der Waals surface area contributed by atoms with Gasteiger partial charge in [-0.2, -0.15) is 0 Å². The average molecular weight is 452 g/mol. The number of hydrogen-bond acceptors (Lipinski definition) is 6. The minimum atomic E-state index is -0.845. The highest BCUT2D eigenvalue weighted by atomic mass is 19.1. The normalized spacial score (nSPS) is 18.7. The first-order chi connectivity index (χ1) is 16.1. The van der Waals surface area contributed by atoms with E-state index in [1.165, 1.54) is 6.07 Å². The van der Waals surface area contributed by atoms with Crippen LogP contribution in [0.3, 0.4) is 0 Å². The Bertz CT molecular complexity index is 1250. The van der Waals surface area contributed by atoms with Crippen LogP contribution in [-0.4, -0.2) is 61.7 Å². The summed E-state index contributed by atoms with van der Waals surface area (Å²) in [6.45, 7) is 6.05. The van der Waals surface area contributed by atoms with Crippen LogP contribution in [0.25, 0.3) is 11.0 Å². The van der Waals surface area contributed by atoms with E-state index in [0.717, 1.165) is 13.1 Å². The molecular formula is C25H25FN2O5. The van der Waals surface area contributed by atoms with Crippen molar-refractivity contribution >= 4 is 16.9 Å². The van der Waals surface area contributed by atoms with Gasteiger partial charge in [-0.15, -0.1) is 0 Å². The monoisotopic (exact) mass is 452 g/mol. The lowest BCUT2D eigenvalue weighted by atomic mass is 9.98. The fraction of sp³-hybridized carbons (Fsp3) is 0.360. The van der Waals surface area contributed by atoms with Crippen molar-refractivity contribution < 1.29 is 23.1 Å². The summed E-state index contributed by atoms with van der Waals surface area (Å²) in [5.74, 6) is -0.359. The maximum Gasteiger partial charge on any atom is 0.290 e. The molecule has 0 spiro atoms. The Balaban J connectivity index is 1.61. The molecule has 7 nitrogen and oxygen atoms in total. The van der Waals surface area contributed by atoms with Gasteiger partial charge in [-0.05, 0) is 25.1 Å². The predicted octanol–water partition coefficient (Wildman–Crippen LogP) is 3.21. The SMILES string of the molecule is CCOc1ccc2c(=O)c3c(oc2c1)C(=O)N(CCN1CCOCC1)C3c1ccccc1F. The van der Waals surface area contributed by atoms with Gasteiger partial charge in [0.1, 0.15) is 17.1 Å². The highest BCUT2D eigenvalue weighted by molar-refractivity contribution is 5.99. The third kappa shape index (κ3) is 3.89. The molecular weight excluding hydrogens is 427 g/mol. The second-order valence-corrected chi connectivity index (χ2v) is 8.14. The lowest BCUT2D eigenvalue weighted by Crippen LogP contribution is -2.42. The summed E-state index contributed by atoms with van der Waals surface area (Å²) in [5.41, 5.74) is 0.415. The van der Waals surface area contributed by atoms with E-state index in [1.807, 2.05) is 6.92 Å². The van der Waals surface area contributed by atoms with E-state index >= 15 is 0 Å². The molecule has 2 aromatic carbocycles. The fourth-order valence-electron chi connectivity index (χ4n) is 4.58. The molecule has 1 fully saturated rings. The van der Waals surface area contributed by atoms with Gasteiger partial charge < -0.3 is 18.8 Å². The van der Waals surface area contributed by atoms with E-state index in [-0.39, 0.29) is 27.9 Å². The quantitative estimate of drug-likeness (QED) is 0.572. The Hall–Kier alpha value is -3.23. The molecule has 2 aliphatic heterocycles. The average Bonchev–Trinajstić information content (AvgIpc) is 3.10. The lowest BCUT2D eigenvalue weighted by molar-refractivity contribution is 0.0314. The van der Waals surface area contributed by atoms with Gasteiger partial charge in [0.05, 0.1) is 36.8 Å². The zero-order valence-electron chi connectivity index (χ0n) is 18.4. The molecule has 5 rings (SSSR count). The summed E-state index contributed by atoms with van der Waals surface area (Å²) >= 11 is 0. The molecule has 1 atom stereocenters. The van der Waals surface area contributed by atoms with Crippen LogP contribution in [0.4, 0.5) is 4.39 Å². The van der Waals surface area contributed by atoms with Crippen molar-refractivity contribution in [3.8, 4) is 5.75 Å². The highest BCUT2D eigenvalue weighted by Crippen LogP contribution is 2.39. The number of nitrogens with zero attached hydrogens (tertiary/aromatic N) is 2. The van der Waals surface area contributed by atoms with E-state index < -0.39 is 17.8 Å². The van der Waals surface area contributed by atoms with Gasteiger partial charge in [0, 0.05) is 37.8 Å². The molecule has 2 aliphatic rings. The van der Waals surface area contributed by atoms with Crippen LogP contribution in [-0.2, 0) is 4.74 Å². The fourth-order valence-corrected chi connectivity index (χ4v) is 4.58. The molecule has 0 bridgehead atoms. The van der Waals surface area contributed by atoms with E-state index in [1.54, 1.807) is 41.3 Å². The summed E-state index contributed by atoms with van der Waals surface area (Å²) in [7, 11) is 0. The van der Waals surface area contributed by atoms with E-state index in [4.69, 9.17) is 13.9 Å². The van der Waals surface area contributed by atoms with Crippen molar-refractivity contribution in [3.63, 3.8) is 0 Å². The number of morpholine rings is 1. The molecule has 0 N–H and O–H groups in total. The Labute approximate surface area is 190 Å². The number of carbonyl (C=O) groups is 1. The summed E-state index contributed by atoms with van der Waals surface area (Å²) in [5, 5.41) is 0.335. The molecule has 1 amide bonds. The maximum atomic E-state index is 14.9. The van der Waals surface area contributed by atoms with Crippen molar-refractivity contribution in [2.75, 3.05) is 46.0 Å². The molecule has 33 heavy (non-hydrogen) atoms. The number of carbonyl (C=O) groups excluding carboxylic acids is 1. The molecule has 0 saturated carbocycles. The lowest BCUT2D eigenvalue weighted by Gasteiger charge is -2.31. The third-order valence-electron chi connectivity index (χ3n) is 6.21. The van der Waals surface area contributed by atoms with Gasteiger partial charge in [0.25, 0.3) is 5.91 Å². The molecule has 3 heterocycles. The standard InChI is InChI=1S/C25H25FN2O5/c1-2-32-16-7-8-18-20(15-16)33-24-21(23(18)29)22(17-5-3-4-6-19(17)26)28(25(24)30)10-9-27-11-13-31-14-12-27/h3-8,15,22H,2,9-14H2,1H3. The number of ether oxygens (including phenoxy) is 2. The Morgan fingerprint density at radius 3 is 2.64 bits per heavy atom. The minimum absolute atomic E-state index is 0.0311. The molecule has 0 aliphatic carbocycles. The predicted molar refractivity (Wildman–Crippen MR) is 120 cm³/mol. The largest absolute Gasteiger partial charge is 0.494 e. The second kappa shape index (κ2) is 8.96. The van der Waals surface area contributed by atoms with Gasteiger partial charge >= 0.3 is 0 Å². The second-order valence-electron chi connectivity index (χ2n) is 8.14. The van der Waals surface area contributed by atoms with Gasteiger partial charge in [-0.3, -0.25) is 14.5 Å². The molecule has 172 valence electrons. The summed E-state index contributed by atoms with van der Waals surface area (Å²) in [6, 6.07) is 10.3. The number of fused-ring (bicyclic) bond motifs is 2. The maximum absolute atomic E-state index is 14.9. The first-order valence-corrected chi connectivity index (χ1v) is 11.2. The van der Waals surface area contributed by atoms with Crippen LogP contribution < -0.4 is 10.2 Å². The number of amides is 1. The number of halogens is 1. The molecule has 0 radical (unpaired) electrons. The van der Waals surface area contributed by atoms with Crippen molar-refractivity contribution in [1.82, 2.24) is 9.80 Å². The highest BCUT2D eigenvalue weighted by Gasteiger charge is 2.43. The summed E-state index contributed by atoms with van der Waals surface area (Å²) in [6.07, 6.45) is 0. The smallest absolute Gasteiger partial charge is 0.290 e. The summed E-state index contributed by atoms with van der Waals surface area (Å²) < 4.78 is 31.8. The molecule has 3 aromatic rings.